The highest BCUT2D eigenvalue weighted by atomic mass is 32.2. The minimum Gasteiger partial charge on any atom is -0.476 e. The molecule has 2 aliphatic rings. The topological polar surface area (TPSA) is 94.0 Å². The van der Waals surface area contributed by atoms with Crippen LogP contribution < -0.4 is 0 Å². The molecule has 1 amide bonds. The zero-order chi connectivity index (χ0) is 21.8. The first kappa shape index (κ1) is 22.3. The van der Waals surface area contributed by atoms with E-state index in [-0.39, 0.29) is 17.6 Å². The summed E-state index contributed by atoms with van der Waals surface area (Å²) < 4.78 is 0.719. The number of piperidine rings is 1. The number of carboxylic acid groups (broad SMARTS) is 1. The normalized spacial score (nSPS) is 21.5. The average molecular weight is 462 g/mol. The number of hydrogen-bond donors (Lipinski definition) is 2. The Kier molecular flexibility index (Phi) is 6.95. The van der Waals surface area contributed by atoms with Gasteiger partial charge in [-0.05, 0) is 24.8 Å². The molecule has 31 heavy (non-hydrogen) atoms. The maximum atomic E-state index is 12.4. The number of carbonyl (C=O) groups excluding carboxylic acids is 1. The summed E-state index contributed by atoms with van der Waals surface area (Å²) in [4.78, 5) is 31.8. The smallest absolute Gasteiger partial charge is 0.355 e. The summed E-state index contributed by atoms with van der Waals surface area (Å²) in [5, 5.41) is 21.6. The third-order valence-corrected chi connectivity index (χ3v) is 8.18. The molecule has 1 aromatic carbocycles. The largest absolute Gasteiger partial charge is 0.476 e. The van der Waals surface area contributed by atoms with Gasteiger partial charge in [-0.1, -0.05) is 42.1 Å². The van der Waals surface area contributed by atoms with Gasteiger partial charge in [0.25, 0.3) is 0 Å². The predicted molar refractivity (Wildman–Crippen MR) is 121 cm³/mol. The van der Waals surface area contributed by atoms with Crippen LogP contribution >= 0.6 is 23.1 Å². The highest BCUT2D eigenvalue weighted by molar-refractivity contribution is 8.01. The van der Waals surface area contributed by atoms with E-state index >= 15 is 0 Å². The zero-order valence-electron chi connectivity index (χ0n) is 17.3. The van der Waals surface area contributed by atoms with Crippen molar-refractivity contribution in [2.75, 3.05) is 31.9 Å². The molecule has 1 aromatic heterocycles. The van der Waals surface area contributed by atoms with Gasteiger partial charge in [0, 0.05) is 49.8 Å². The molecule has 0 radical (unpaired) electrons. The molecule has 0 saturated carbocycles. The first-order valence-corrected chi connectivity index (χ1v) is 12.4. The lowest BCUT2D eigenvalue weighted by Gasteiger charge is -2.40. The molecule has 7 nitrogen and oxygen atoms in total. The molecule has 3 heterocycles. The minimum atomic E-state index is -1.02. The van der Waals surface area contributed by atoms with Crippen LogP contribution in [-0.2, 0) is 10.4 Å². The quantitative estimate of drug-likeness (QED) is 0.584. The van der Waals surface area contributed by atoms with Crippen molar-refractivity contribution in [1.82, 2.24) is 14.8 Å². The summed E-state index contributed by atoms with van der Waals surface area (Å²) in [5.41, 5.74) is 0.294. The lowest BCUT2D eigenvalue weighted by Crippen LogP contribution is -2.48. The van der Waals surface area contributed by atoms with Crippen LogP contribution in [0.2, 0.25) is 0 Å². The maximum absolute atomic E-state index is 12.4. The molecule has 4 rings (SSSR count). The van der Waals surface area contributed by atoms with Gasteiger partial charge in [-0.15, -0.1) is 11.3 Å². The number of benzene rings is 1. The van der Waals surface area contributed by atoms with E-state index in [4.69, 9.17) is 5.11 Å². The van der Waals surface area contributed by atoms with Crippen molar-refractivity contribution in [2.24, 2.45) is 0 Å². The Labute approximate surface area is 190 Å². The van der Waals surface area contributed by atoms with Gasteiger partial charge < -0.3 is 20.0 Å². The van der Waals surface area contributed by atoms with Crippen LogP contribution in [0.5, 0.6) is 0 Å². The number of amides is 1. The molecule has 0 spiro atoms. The maximum Gasteiger partial charge on any atom is 0.355 e. The average Bonchev–Trinajstić information content (AvgIpc) is 3.38. The molecule has 2 aliphatic heterocycles. The fourth-order valence-electron chi connectivity index (χ4n) is 4.38. The summed E-state index contributed by atoms with van der Waals surface area (Å²) in [6.07, 6.45) is 2.84. The van der Waals surface area contributed by atoms with E-state index in [1.54, 1.807) is 5.38 Å². The van der Waals surface area contributed by atoms with Gasteiger partial charge in [-0.2, -0.15) is 0 Å². The van der Waals surface area contributed by atoms with Crippen molar-refractivity contribution >= 4 is 35.0 Å². The number of carboxylic acids is 1. The Morgan fingerprint density at radius 1 is 1.26 bits per heavy atom. The van der Waals surface area contributed by atoms with E-state index in [0.29, 0.717) is 31.6 Å². The van der Waals surface area contributed by atoms with Crippen LogP contribution in [0.15, 0.2) is 40.1 Å². The molecule has 166 valence electrons. The van der Waals surface area contributed by atoms with Crippen molar-refractivity contribution in [3.05, 3.63) is 47.0 Å². The van der Waals surface area contributed by atoms with Crippen LogP contribution in [0.1, 0.15) is 41.7 Å². The number of aliphatic hydroxyl groups is 1. The summed E-state index contributed by atoms with van der Waals surface area (Å²) in [5.74, 6) is -0.130. The zero-order valence-corrected chi connectivity index (χ0v) is 18.9. The second kappa shape index (κ2) is 9.68. The highest BCUT2D eigenvalue weighted by Crippen LogP contribution is 2.33. The van der Waals surface area contributed by atoms with E-state index in [9.17, 15) is 14.7 Å². The number of rotatable bonds is 8. The third kappa shape index (κ3) is 5.28. The van der Waals surface area contributed by atoms with E-state index in [0.717, 1.165) is 36.0 Å². The molecule has 2 N–H and O–H groups in total. The Hall–Kier alpha value is -1.94. The Bertz CT molecular complexity index is 912. The summed E-state index contributed by atoms with van der Waals surface area (Å²) in [7, 11) is 0. The van der Waals surface area contributed by atoms with Gasteiger partial charge in [-0.25, -0.2) is 9.78 Å². The fraction of sp³-hybridized carbons (Fsp3) is 0.500. The van der Waals surface area contributed by atoms with E-state index < -0.39 is 11.6 Å². The Morgan fingerprint density at radius 2 is 2.00 bits per heavy atom. The molecule has 0 bridgehead atoms. The van der Waals surface area contributed by atoms with Crippen molar-refractivity contribution < 1.29 is 19.8 Å². The lowest BCUT2D eigenvalue weighted by molar-refractivity contribution is -0.129. The number of thioether (sulfide) groups is 1. The first-order chi connectivity index (χ1) is 14.9. The van der Waals surface area contributed by atoms with Crippen LogP contribution in [-0.4, -0.2) is 74.8 Å². The molecule has 2 fully saturated rings. The summed E-state index contributed by atoms with van der Waals surface area (Å²) in [6.45, 7) is 3.10. The molecule has 2 saturated heterocycles. The second-order valence-corrected chi connectivity index (χ2v) is 10.3. The third-order valence-electron chi connectivity index (χ3n) is 6.18. The predicted octanol–water partition coefficient (Wildman–Crippen LogP) is 2.91. The van der Waals surface area contributed by atoms with Gasteiger partial charge >= 0.3 is 5.97 Å². The highest BCUT2D eigenvalue weighted by Gasteiger charge is 2.37. The molecule has 9 heteroatoms. The number of hydrogen-bond acceptors (Lipinski definition) is 7. The first-order valence-electron chi connectivity index (χ1n) is 10.6. The number of thiazole rings is 1. The lowest BCUT2D eigenvalue weighted by atomic mass is 9.84. The van der Waals surface area contributed by atoms with Crippen LogP contribution in [0.3, 0.4) is 0 Å². The van der Waals surface area contributed by atoms with Crippen molar-refractivity contribution in [1.29, 1.82) is 0 Å². The number of aromatic nitrogens is 1. The molecule has 0 aliphatic carbocycles. The molecule has 0 unspecified atom stereocenters. The minimum absolute atomic E-state index is 0.0724. The molecular formula is C22H27N3O4S2. The number of likely N-dealkylation sites (tertiary alicyclic amines) is 2. The standard InChI is InChI=1S/C22H27N3O4S2/c26-19-7-6-17(25(19)12-13-30-21-23-18(15-31-21)20(27)28)14-24-10-8-22(29,9-11-24)16-4-2-1-3-5-16/h1-5,15,17,29H,6-14H2,(H,27,28)/t17-/m1/s1. The monoisotopic (exact) mass is 461 g/mol. The Morgan fingerprint density at radius 3 is 2.68 bits per heavy atom. The van der Waals surface area contributed by atoms with Gasteiger partial charge in [-0.3, -0.25) is 4.79 Å². The summed E-state index contributed by atoms with van der Waals surface area (Å²) in [6, 6.07) is 10.1. The second-order valence-electron chi connectivity index (χ2n) is 8.13. The fourth-order valence-corrected chi connectivity index (χ4v) is 6.19. The number of aromatic carboxylic acids is 1. The van der Waals surface area contributed by atoms with E-state index in [2.05, 4.69) is 9.88 Å². The SMILES string of the molecule is O=C(O)c1csc(SCCN2C(=O)CC[C@@H]2CN2CCC(O)(c3ccccc3)CC2)n1. The number of nitrogens with zero attached hydrogens (tertiary/aromatic N) is 3. The Balaban J connectivity index is 1.27. The van der Waals surface area contributed by atoms with Gasteiger partial charge in [0.05, 0.1) is 5.60 Å². The van der Waals surface area contributed by atoms with Crippen LogP contribution in [0.4, 0.5) is 0 Å². The molecule has 1 atom stereocenters. The van der Waals surface area contributed by atoms with Crippen LogP contribution in [0.25, 0.3) is 0 Å². The van der Waals surface area contributed by atoms with Crippen molar-refractivity contribution in [2.45, 2.75) is 41.7 Å². The van der Waals surface area contributed by atoms with Gasteiger partial charge in [0.1, 0.15) is 0 Å². The van der Waals surface area contributed by atoms with Gasteiger partial charge in [0.2, 0.25) is 5.91 Å². The van der Waals surface area contributed by atoms with E-state index in [1.165, 1.54) is 23.1 Å². The summed E-state index contributed by atoms with van der Waals surface area (Å²) >= 11 is 2.82. The van der Waals surface area contributed by atoms with Crippen LogP contribution in [0, 0.1) is 0 Å². The van der Waals surface area contributed by atoms with Crippen molar-refractivity contribution in [3.63, 3.8) is 0 Å². The number of carbonyl (C=O) groups is 2. The van der Waals surface area contributed by atoms with Crippen molar-refractivity contribution in [3.8, 4) is 0 Å². The molecule has 2 aromatic rings. The molecular weight excluding hydrogens is 434 g/mol. The van der Waals surface area contributed by atoms with Gasteiger partial charge in [0.15, 0.2) is 10.0 Å². The van der Waals surface area contributed by atoms with E-state index in [1.807, 2.05) is 35.2 Å².